The van der Waals surface area contributed by atoms with Gasteiger partial charge >= 0.3 is 11.9 Å². The Bertz CT molecular complexity index is 414. The lowest BCUT2D eigenvalue weighted by molar-refractivity contribution is -0.150. The number of aliphatic carboxylic acids is 1. The number of rotatable bonds is 3. The summed E-state index contributed by atoms with van der Waals surface area (Å²) in [5.74, 6) is -2.42. The van der Waals surface area contributed by atoms with Crippen LogP contribution in [0, 0.1) is 0 Å². The molecule has 0 atom stereocenters. The Kier molecular flexibility index (Phi) is 4.09. The molecule has 4 nitrogen and oxygen atoms in total. The molecule has 6 heteroatoms. The quantitative estimate of drug-likeness (QED) is 0.839. The molecule has 0 spiro atoms. The summed E-state index contributed by atoms with van der Waals surface area (Å²) < 4.78 is 1.01. The summed E-state index contributed by atoms with van der Waals surface area (Å²) in [5, 5.41) is 10.8. The summed E-state index contributed by atoms with van der Waals surface area (Å²) >= 11 is 4.94. The number of carboxylic acids is 1. The van der Waals surface area contributed by atoms with E-state index in [1.165, 1.54) is 0 Å². The van der Waals surface area contributed by atoms with Crippen LogP contribution >= 0.6 is 27.3 Å². The minimum atomic E-state index is -1.46. The second-order valence-corrected chi connectivity index (χ2v) is 6.44. The molecular weight excluding hydrogens is 294 g/mol. The van der Waals surface area contributed by atoms with Crippen LogP contribution < -0.4 is 5.32 Å². The number of nitrogens with one attached hydrogen (secondary N) is 1. The summed E-state index contributed by atoms with van der Waals surface area (Å²) in [6.07, 6.45) is 0. The topological polar surface area (TPSA) is 66.4 Å². The first kappa shape index (κ1) is 13.2. The second-order valence-electron chi connectivity index (χ2n) is 3.98. The summed E-state index contributed by atoms with van der Waals surface area (Å²) in [4.78, 5) is 22.3. The minimum Gasteiger partial charge on any atom is -0.474 e. The smallest absolute Gasteiger partial charge is 0.394 e. The van der Waals surface area contributed by atoms with Crippen LogP contribution in [0.15, 0.2) is 15.9 Å². The largest absolute Gasteiger partial charge is 0.474 e. The molecule has 0 bridgehead atoms. The summed E-state index contributed by atoms with van der Waals surface area (Å²) in [5.41, 5.74) is -0.276. The van der Waals surface area contributed by atoms with E-state index in [1.54, 1.807) is 11.3 Å². The molecule has 0 aliphatic heterocycles. The van der Waals surface area contributed by atoms with Gasteiger partial charge in [0.2, 0.25) is 0 Å². The molecule has 88 valence electrons. The highest BCUT2D eigenvalue weighted by molar-refractivity contribution is 9.11. The molecular formula is C10H12BrNO3S. The maximum atomic E-state index is 10.9. The van der Waals surface area contributed by atoms with Crippen molar-refractivity contribution in [3.05, 3.63) is 20.8 Å². The zero-order valence-electron chi connectivity index (χ0n) is 8.91. The van der Waals surface area contributed by atoms with Crippen LogP contribution in [0.25, 0.3) is 0 Å². The van der Waals surface area contributed by atoms with Gasteiger partial charge < -0.3 is 10.4 Å². The molecule has 1 aromatic heterocycles. The highest BCUT2D eigenvalue weighted by Gasteiger charge is 2.24. The van der Waals surface area contributed by atoms with Crippen molar-refractivity contribution in [3.8, 4) is 0 Å². The highest BCUT2D eigenvalue weighted by atomic mass is 79.9. The van der Waals surface area contributed by atoms with Gasteiger partial charge in [-0.25, -0.2) is 4.79 Å². The predicted molar refractivity (Wildman–Crippen MR) is 65.7 cm³/mol. The minimum absolute atomic E-state index is 0.276. The van der Waals surface area contributed by atoms with Crippen molar-refractivity contribution < 1.29 is 14.7 Å². The third-order valence-corrected chi connectivity index (χ3v) is 4.11. The van der Waals surface area contributed by atoms with Crippen LogP contribution in [0.1, 0.15) is 18.7 Å². The maximum absolute atomic E-state index is 10.9. The first-order chi connectivity index (χ1) is 7.33. The molecule has 0 unspecified atom stereocenters. The van der Waals surface area contributed by atoms with Crippen molar-refractivity contribution in [1.82, 2.24) is 5.32 Å². The van der Waals surface area contributed by atoms with Gasteiger partial charge in [-0.2, -0.15) is 0 Å². The molecule has 1 amide bonds. The van der Waals surface area contributed by atoms with Gasteiger partial charge in [0, 0.05) is 16.8 Å². The third-order valence-electron chi connectivity index (χ3n) is 2.13. The predicted octanol–water partition coefficient (Wildman–Crippen LogP) is 1.99. The highest BCUT2D eigenvalue weighted by Crippen LogP contribution is 2.32. The van der Waals surface area contributed by atoms with Gasteiger partial charge in [0.25, 0.3) is 0 Å². The molecule has 1 aromatic rings. The maximum Gasteiger partial charge on any atom is 0.394 e. The van der Waals surface area contributed by atoms with Crippen molar-refractivity contribution in [3.63, 3.8) is 0 Å². The van der Waals surface area contributed by atoms with E-state index in [2.05, 4.69) is 21.2 Å². The van der Waals surface area contributed by atoms with E-state index in [0.29, 0.717) is 6.54 Å². The molecule has 1 rings (SSSR count). The van der Waals surface area contributed by atoms with E-state index in [0.717, 1.165) is 8.66 Å². The van der Waals surface area contributed by atoms with Gasteiger partial charge in [-0.15, -0.1) is 11.3 Å². The molecule has 2 N–H and O–H groups in total. The van der Waals surface area contributed by atoms with Gasteiger partial charge in [0.15, 0.2) is 0 Å². The second kappa shape index (κ2) is 4.97. The number of amides is 1. The van der Waals surface area contributed by atoms with Crippen molar-refractivity contribution in [2.24, 2.45) is 0 Å². The first-order valence-electron chi connectivity index (χ1n) is 4.60. The summed E-state index contributed by atoms with van der Waals surface area (Å²) in [6, 6.07) is 3.89. The molecule has 0 aliphatic rings. The third kappa shape index (κ3) is 3.31. The molecule has 0 saturated carbocycles. The Hall–Kier alpha value is -0.880. The number of hydrogen-bond donors (Lipinski definition) is 2. The number of halogens is 1. The van der Waals surface area contributed by atoms with Crippen LogP contribution in [0.5, 0.6) is 0 Å². The van der Waals surface area contributed by atoms with Crippen molar-refractivity contribution in [2.45, 2.75) is 19.3 Å². The van der Waals surface area contributed by atoms with Crippen molar-refractivity contribution in [2.75, 3.05) is 6.54 Å². The van der Waals surface area contributed by atoms with Gasteiger partial charge in [-0.05, 0) is 28.1 Å². The van der Waals surface area contributed by atoms with Crippen molar-refractivity contribution >= 4 is 39.1 Å². The molecule has 0 aromatic carbocycles. The fraction of sp³-hybridized carbons (Fsp3) is 0.400. The summed E-state index contributed by atoms with van der Waals surface area (Å²) in [6.45, 7) is 4.20. The van der Waals surface area contributed by atoms with Crippen LogP contribution in [0.4, 0.5) is 0 Å². The van der Waals surface area contributed by atoms with E-state index >= 15 is 0 Å². The number of carbonyl (C=O) groups is 2. The molecule has 0 saturated heterocycles. The van der Waals surface area contributed by atoms with Gasteiger partial charge in [0.05, 0.1) is 3.79 Å². The number of carbonyl (C=O) groups excluding carboxylic acids is 1. The fourth-order valence-corrected chi connectivity index (χ4v) is 2.63. The van der Waals surface area contributed by atoms with Crippen LogP contribution in [-0.2, 0) is 15.0 Å². The molecule has 0 aliphatic carbocycles. The average Bonchev–Trinajstić information content (AvgIpc) is 2.61. The standard InChI is InChI=1S/C10H12BrNO3S/c1-10(2,5-12-8(13)9(14)15)6-3-4-7(11)16-6/h3-4H,5H2,1-2H3,(H,12,13)(H,14,15). The van der Waals surface area contributed by atoms with E-state index in [1.807, 2.05) is 26.0 Å². The zero-order chi connectivity index (χ0) is 12.3. The normalized spacial score (nSPS) is 11.2. The van der Waals surface area contributed by atoms with Gasteiger partial charge in [-0.1, -0.05) is 13.8 Å². The van der Waals surface area contributed by atoms with Gasteiger partial charge in [0.1, 0.15) is 0 Å². The average molecular weight is 306 g/mol. The molecule has 0 fully saturated rings. The van der Waals surface area contributed by atoms with E-state index in [-0.39, 0.29) is 5.41 Å². The lowest BCUT2D eigenvalue weighted by atomic mass is 9.91. The van der Waals surface area contributed by atoms with Gasteiger partial charge in [-0.3, -0.25) is 4.79 Å². The van der Waals surface area contributed by atoms with Crippen LogP contribution in [-0.4, -0.2) is 23.5 Å². The SMILES string of the molecule is CC(C)(CNC(=O)C(=O)O)c1ccc(Br)s1. The Balaban J connectivity index is 2.65. The van der Waals surface area contributed by atoms with E-state index in [9.17, 15) is 9.59 Å². The van der Waals surface area contributed by atoms with E-state index < -0.39 is 11.9 Å². The number of carboxylic acid groups (broad SMARTS) is 1. The number of hydrogen-bond acceptors (Lipinski definition) is 3. The fourth-order valence-electron chi connectivity index (χ4n) is 1.14. The zero-order valence-corrected chi connectivity index (χ0v) is 11.3. The first-order valence-corrected chi connectivity index (χ1v) is 6.21. The summed E-state index contributed by atoms with van der Waals surface area (Å²) in [7, 11) is 0. The lowest BCUT2D eigenvalue weighted by Crippen LogP contribution is -2.39. The lowest BCUT2D eigenvalue weighted by Gasteiger charge is -2.22. The Labute approximate surface area is 106 Å². The molecule has 16 heavy (non-hydrogen) atoms. The monoisotopic (exact) mass is 305 g/mol. The van der Waals surface area contributed by atoms with Crippen LogP contribution in [0.2, 0.25) is 0 Å². The Morgan fingerprint density at radius 1 is 1.50 bits per heavy atom. The Morgan fingerprint density at radius 2 is 2.12 bits per heavy atom. The van der Waals surface area contributed by atoms with E-state index in [4.69, 9.17) is 5.11 Å². The molecule has 1 heterocycles. The Morgan fingerprint density at radius 3 is 2.56 bits per heavy atom. The van der Waals surface area contributed by atoms with Crippen LogP contribution in [0.3, 0.4) is 0 Å². The van der Waals surface area contributed by atoms with Crippen molar-refractivity contribution in [1.29, 1.82) is 0 Å². The molecule has 0 radical (unpaired) electrons. The number of thiophene rings is 1.